The topological polar surface area (TPSA) is 8.17 Å². The molecule has 12 aromatic carbocycles. The molecule has 1 aromatic heterocycles. The van der Waals surface area contributed by atoms with Gasteiger partial charge in [-0.05, 0) is 132 Å². The Balaban J connectivity index is 0.877. The minimum atomic E-state index is -0.497. The highest BCUT2D eigenvalue weighted by Gasteiger charge is 2.47. The third kappa shape index (κ3) is 6.47. The number of hydrogen-bond acceptors (Lipinski definition) is 1. The predicted octanol–water partition coefficient (Wildman–Crippen LogP) is 19.4. The van der Waals surface area contributed by atoms with Crippen molar-refractivity contribution in [3.8, 4) is 50.2 Å². The fraction of sp³-hybridized carbons (Fsp3) is 0.0541. The molecule has 0 bridgehead atoms. The zero-order valence-electron chi connectivity index (χ0n) is 42.5. The first-order chi connectivity index (χ1) is 37.5. The van der Waals surface area contributed by atoms with Crippen LogP contribution in [0, 0.1) is 0 Å². The molecule has 0 amide bonds. The van der Waals surface area contributed by atoms with Gasteiger partial charge in [0.15, 0.2) is 0 Å². The molecule has 0 aliphatic heterocycles. The number of benzene rings is 12. The lowest BCUT2D eigenvalue weighted by molar-refractivity contribution is 0.660. The zero-order valence-corrected chi connectivity index (χ0v) is 42.5. The first-order valence-corrected chi connectivity index (χ1v) is 26.6. The Morgan fingerprint density at radius 2 is 0.882 bits per heavy atom. The average Bonchev–Trinajstić information content (AvgIpc) is 4.29. The van der Waals surface area contributed by atoms with Crippen molar-refractivity contribution >= 4 is 49.6 Å². The maximum absolute atomic E-state index is 2.53. The van der Waals surface area contributed by atoms with Gasteiger partial charge in [-0.15, -0.1) is 0 Å². The molecule has 2 aliphatic rings. The van der Waals surface area contributed by atoms with Gasteiger partial charge in [0.25, 0.3) is 0 Å². The minimum absolute atomic E-state index is 0.0767. The van der Waals surface area contributed by atoms with Crippen LogP contribution in [0.3, 0.4) is 0 Å². The monoisotopic (exact) mass is 968 g/mol. The van der Waals surface area contributed by atoms with E-state index in [-0.39, 0.29) is 5.41 Å². The van der Waals surface area contributed by atoms with Crippen LogP contribution in [0.25, 0.3) is 82.8 Å². The quantitative estimate of drug-likeness (QED) is 0.147. The molecule has 0 radical (unpaired) electrons. The van der Waals surface area contributed by atoms with Gasteiger partial charge in [0.2, 0.25) is 0 Å². The molecule has 13 aromatic rings. The van der Waals surface area contributed by atoms with E-state index in [2.05, 4.69) is 302 Å². The molecule has 2 heteroatoms. The van der Waals surface area contributed by atoms with Gasteiger partial charge >= 0.3 is 0 Å². The summed E-state index contributed by atoms with van der Waals surface area (Å²) in [6, 6.07) is 104. The van der Waals surface area contributed by atoms with Crippen LogP contribution < -0.4 is 4.90 Å². The van der Waals surface area contributed by atoms with Crippen LogP contribution in [0.15, 0.2) is 279 Å². The third-order valence-corrected chi connectivity index (χ3v) is 16.8. The highest BCUT2D eigenvalue weighted by molar-refractivity contribution is 6.11. The number of anilines is 3. The molecule has 2 aliphatic carbocycles. The Morgan fingerprint density at radius 1 is 0.329 bits per heavy atom. The van der Waals surface area contributed by atoms with Crippen LogP contribution in [-0.4, -0.2) is 4.57 Å². The van der Waals surface area contributed by atoms with E-state index < -0.39 is 5.41 Å². The molecule has 15 rings (SSSR count). The van der Waals surface area contributed by atoms with Gasteiger partial charge in [-0.25, -0.2) is 0 Å². The summed E-state index contributed by atoms with van der Waals surface area (Å²) in [6.45, 7) is 4.70. The third-order valence-electron chi connectivity index (χ3n) is 16.8. The predicted molar refractivity (Wildman–Crippen MR) is 319 cm³/mol. The Bertz CT molecular complexity index is 4400. The summed E-state index contributed by atoms with van der Waals surface area (Å²) in [6.07, 6.45) is 0. The largest absolute Gasteiger partial charge is 0.310 e. The van der Waals surface area contributed by atoms with Gasteiger partial charge in [-0.2, -0.15) is 0 Å². The summed E-state index contributed by atoms with van der Waals surface area (Å²) >= 11 is 0. The van der Waals surface area contributed by atoms with Crippen LogP contribution in [0.4, 0.5) is 17.1 Å². The van der Waals surface area contributed by atoms with Crippen LogP contribution in [0.5, 0.6) is 0 Å². The van der Waals surface area contributed by atoms with Crippen molar-refractivity contribution in [1.29, 1.82) is 0 Å². The summed E-state index contributed by atoms with van der Waals surface area (Å²) in [7, 11) is 0. The SMILES string of the molecule is CC1(C)c2ccccc2-c2cc(N(c3cccc(-c4cccc(-c5ccc6c7ccccc7n(-c7cccc8c7-c7ccccc7C8(c7ccccc7)c7ccccc7)c6c5)c4)c3)c3cccc4ccccc34)ccc21. The van der Waals surface area contributed by atoms with E-state index in [1.807, 2.05) is 0 Å². The van der Waals surface area contributed by atoms with Crippen LogP contribution in [0.1, 0.15) is 47.2 Å². The Labute approximate surface area is 444 Å². The maximum Gasteiger partial charge on any atom is 0.0714 e. The lowest BCUT2D eigenvalue weighted by Gasteiger charge is -2.34. The van der Waals surface area contributed by atoms with Gasteiger partial charge in [0.1, 0.15) is 0 Å². The lowest BCUT2D eigenvalue weighted by atomic mass is 9.68. The summed E-state index contributed by atoms with van der Waals surface area (Å²) < 4.78 is 2.53. The first kappa shape index (κ1) is 44.0. The second-order valence-electron chi connectivity index (χ2n) is 21.2. The molecule has 0 unspecified atom stereocenters. The Morgan fingerprint density at radius 3 is 1.67 bits per heavy atom. The number of nitrogens with zero attached hydrogens (tertiary/aromatic N) is 2. The number of fused-ring (bicyclic) bond motifs is 10. The Kier molecular flexibility index (Phi) is 9.86. The summed E-state index contributed by atoms with van der Waals surface area (Å²) in [4.78, 5) is 2.46. The van der Waals surface area contributed by atoms with E-state index in [0.717, 1.165) is 28.2 Å². The van der Waals surface area contributed by atoms with Crippen molar-refractivity contribution in [3.05, 3.63) is 312 Å². The normalized spacial score (nSPS) is 13.6. The molecular formula is C74H52N2. The number of aromatic nitrogens is 1. The molecule has 0 spiro atoms. The van der Waals surface area contributed by atoms with E-state index in [1.165, 1.54) is 105 Å². The summed E-state index contributed by atoms with van der Waals surface area (Å²) in [5.41, 5.74) is 24.1. The van der Waals surface area contributed by atoms with E-state index in [4.69, 9.17) is 0 Å². The molecule has 0 saturated heterocycles. The molecule has 76 heavy (non-hydrogen) atoms. The van der Waals surface area contributed by atoms with Crippen molar-refractivity contribution in [3.63, 3.8) is 0 Å². The Hall–Kier alpha value is -9.50. The van der Waals surface area contributed by atoms with E-state index in [1.54, 1.807) is 0 Å². The fourth-order valence-corrected chi connectivity index (χ4v) is 13.5. The molecule has 1 heterocycles. The molecule has 0 fully saturated rings. The second-order valence-corrected chi connectivity index (χ2v) is 21.2. The van der Waals surface area contributed by atoms with Gasteiger partial charge in [-0.3, -0.25) is 0 Å². The van der Waals surface area contributed by atoms with Crippen molar-refractivity contribution < 1.29 is 0 Å². The van der Waals surface area contributed by atoms with Crippen molar-refractivity contribution in [2.75, 3.05) is 4.90 Å². The smallest absolute Gasteiger partial charge is 0.0714 e. The standard InChI is InChI=1S/C74H52N2/c1-73(2)64-35-14-11-32-59(64)63-48-57(42-44-65(63)73)75(68-39-19-22-49-21-9-10-31-58(49)68)56-30-18-25-52(46-56)50-23-17-24-51(45-50)53-41-43-61-60-33-13-16-38-69(60)76(71(61)47-53)70-40-20-37-67-72(70)62-34-12-15-36-66(62)74(67,54-26-5-3-6-27-54)55-28-7-4-8-29-55/h3-48H,1-2H3. The van der Waals surface area contributed by atoms with Crippen molar-refractivity contribution in [2.24, 2.45) is 0 Å². The minimum Gasteiger partial charge on any atom is -0.310 e. The van der Waals surface area contributed by atoms with Gasteiger partial charge < -0.3 is 9.47 Å². The zero-order chi connectivity index (χ0) is 50.5. The van der Waals surface area contributed by atoms with Gasteiger partial charge in [0.05, 0.1) is 27.8 Å². The van der Waals surface area contributed by atoms with E-state index >= 15 is 0 Å². The van der Waals surface area contributed by atoms with Crippen LogP contribution in [0.2, 0.25) is 0 Å². The van der Waals surface area contributed by atoms with E-state index in [9.17, 15) is 0 Å². The number of rotatable bonds is 8. The van der Waals surface area contributed by atoms with Crippen LogP contribution in [-0.2, 0) is 10.8 Å². The lowest BCUT2D eigenvalue weighted by Crippen LogP contribution is -2.28. The highest BCUT2D eigenvalue weighted by atomic mass is 15.1. The van der Waals surface area contributed by atoms with Gasteiger partial charge in [-0.1, -0.05) is 238 Å². The molecule has 2 nitrogen and oxygen atoms in total. The fourth-order valence-electron chi connectivity index (χ4n) is 13.5. The molecule has 358 valence electrons. The van der Waals surface area contributed by atoms with Crippen molar-refractivity contribution in [2.45, 2.75) is 24.7 Å². The average molecular weight is 969 g/mol. The molecule has 0 N–H and O–H groups in total. The first-order valence-electron chi connectivity index (χ1n) is 26.6. The van der Waals surface area contributed by atoms with E-state index in [0.29, 0.717) is 0 Å². The summed E-state index contributed by atoms with van der Waals surface area (Å²) in [5.74, 6) is 0. The maximum atomic E-state index is 2.53. The highest BCUT2D eigenvalue weighted by Crippen LogP contribution is 2.58. The van der Waals surface area contributed by atoms with Crippen LogP contribution >= 0.6 is 0 Å². The number of para-hydroxylation sites is 1. The number of hydrogen-bond donors (Lipinski definition) is 0. The molecule has 0 saturated carbocycles. The van der Waals surface area contributed by atoms with Crippen molar-refractivity contribution in [1.82, 2.24) is 4.57 Å². The van der Waals surface area contributed by atoms with Gasteiger partial charge in [0, 0.05) is 38.5 Å². The second kappa shape index (κ2) is 17.0. The molecular weight excluding hydrogens is 917 g/mol. The molecule has 0 atom stereocenters. The summed E-state index contributed by atoms with van der Waals surface area (Å²) in [5, 5.41) is 4.90.